The van der Waals surface area contributed by atoms with E-state index in [1.807, 2.05) is 0 Å². The van der Waals surface area contributed by atoms with Crippen LogP contribution >= 0.6 is 0 Å². The predicted molar refractivity (Wildman–Crippen MR) is 85.8 cm³/mol. The van der Waals surface area contributed by atoms with Crippen molar-refractivity contribution < 1.29 is 24.2 Å². The van der Waals surface area contributed by atoms with Crippen molar-refractivity contribution in [3.05, 3.63) is 29.3 Å². The lowest BCUT2D eigenvalue weighted by molar-refractivity contribution is -0.130. The Labute approximate surface area is 135 Å². The first-order chi connectivity index (χ1) is 11.0. The van der Waals surface area contributed by atoms with Gasteiger partial charge in [0.2, 0.25) is 0 Å². The van der Waals surface area contributed by atoms with Crippen LogP contribution in [0, 0.1) is 6.92 Å². The number of benzene rings is 1. The molecule has 2 N–H and O–H groups in total. The fourth-order valence-electron chi connectivity index (χ4n) is 2.44. The van der Waals surface area contributed by atoms with E-state index in [4.69, 9.17) is 14.6 Å². The van der Waals surface area contributed by atoms with Gasteiger partial charge < -0.3 is 19.9 Å². The maximum Gasteiger partial charge on any atom is 0.336 e. The summed E-state index contributed by atoms with van der Waals surface area (Å²) >= 11 is 0. The van der Waals surface area contributed by atoms with Crippen molar-refractivity contribution in [2.75, 3.05) is 18.5 Å². The van der Waals surface area contributed by atoms with Gasteiger partial charge in [0.05, 0.1) is 18.3 Å². The molecule has 1 amide bonds. The number of carbonyl (C=O) groups excluding carboxylic acids is 1. The number of carbonyl (C=O) groups is 2. The molecule has 1 aliphatic rings. The molecule has 1 aromatic carbocycles. The quantitative estimate of drug-likeness (QED) is 0.841. The highest BCUT2D eigenvalue weighted by Gasteiger charge is 2.19. The van der Waals surface area contributed by atoms with E-state index in [0.717, 1.165) is 25.9 Å². The topological polar surface area (TPSA) is 84.9 Å². The van der Waals surface area contributed by atoms with Crippen molar-refractivity contribution in [1.82, 2.24) is 0 Å². The van der Waals surface area contributed by atoms with Gasteiger partial charge in [0, 0.05) is 12.3 Å². The van der Waals surface area contributed by atoms with Gasteiger partial charge in [0.25, 0.3) is 5.91 Å². The normalized spacial score (nSPS) is 19.1. The first-order valence-corrected chi connectivity index (χ1v) is 7.85. The molecule has 0 spiro atoms. The number of nitrogens with one attached hydrogen (secondary N) is 1. The number of aromatic carboxylic acids is 1. The number of aryl methyl sites for hydroxylation is 1. The Kier molecular flexibility index (Phi) is 6.12. The van der Waals surface area contributed by atoms with Crippen LogP contribution in [0.2, 0.25) is 0 Å². The fraction of sp³-hybridized carbons (Fsp3) is 0.529. The molecule has 23 heavy (non-hydrogen) atoms. The van der Waals surface area contributed by atoms with E-state index >= 15 is 0 Å². The number of ether oxygens (including phenoxy) is 2. The summed E-state index contributed by atoms with van der Waals surface area (Å²) in [6.07, 6.45) is 2.57. The van der Waals surface area contributed by atoms with Crippen LogP contribution < -0.4 is 5.32 Å². The first kappa shape index (κ1) is 17.4. The van der Waals surface area contributed by atoms with Gasteiger partial charge in [0.15, 0.2) is 0 Å². The van der Waals surface area contributed by atoms with E-state index in [1.54, 1.807) is 26.0 Å². The van der Waals surface area contributed by atoms with Gasteiger partial charge in [-0.2, -0.15) is 0 Å². The Morgan fingerprint density at radius 3 is 2.87 bits per heavy atom. The molecule has 2 unspecified atom stereocenters. The molecule has 1 aromatic rings. The van der Waals surface area contributed by atoms with Gasteiger partial charge in [-0.05, 0) is 50.8 Å². The lowest BCUT2D eigenvalue weighted by Gasteiger charge is -2.24. The summed E-state index contributed by atoms with van der Waals surface area (Å²) in [6, 6.07) is 4.80. The molecule has 0 aliphatic carbocycles. The van der Waals surface area contributed by atoms with E-state index in [-0.39, 0.29) is 17.6 Å². The Balaban J connectivity index is 1.87. The van der Waals surface area contributed by atoms with Crippen LogP contribution in [0.4, 0.5) is 5.69 Å². The van der Waals surface area contributed by atoms with Gasteiger partial charge in [0.1, 0.15) is 6.10 Å². The number of carboxylic acid groups (broad SMARTS) is 1. The standard InChI is InChI=1S/C17H23NO5/c1-11-6-7-13(9-15(11)17(20)21)18-16(19)12(2)23-10-14-5-3-4-8-22-14/h6-7,9,12,14H,3-5,8,10H2,1-2H3,(H,18,19)(H,20,21). The smallest absolute Gasteiger partial charge is 0.336 e. The summed E-state index contributed by atoms with van der Waals surface area (Å²) in [6.45, 7) is 4.52. The highest BCUT2D eigenvalue weighted by Crippen LogP contribution is 2.17. The monoisotopic (exact) mass is 321 g/mol. The van der Waals surface area contributed by atoms with E-state index in [9.17, 15) is 9.59 Å². The molecule has 1 heterocycles. The summed E-state index contributed by atoms with van der Waals surface area (Å²) in [5.41, 5.74) is 1.27. The summed E-state index contributed by atoms with van der Waals surface area (Å²) in [5.74, 6) is -1.32. The highest BCUT2D eigenvalue weighted by molar-refractivity contribution is 5.96. The minimum Gasteiger partial charge on any atom is -0.478 e. The predicted octanol–water partition coefficient (Wildman–Crippen LogP) is 2.61. The summed E-state index contributed by atoms with van der Waals surface area (Å²) < 4.78 is 11.1. The van der Waals surface area contributed by atoms with Gasteiger partial charge in [-0.25, -0.2) is 4.79 Å². The zero-order valence-corrected chi connectivity index (χ0v) is 13.5. The Hall–Kier alpha value is -1.92. The maximum atomic E-state index is 12.1. The van der Waals surface area contributed by atoms with Crippen LogP contribution in [0.15, 0.2) is 18.2 Å². The van der Waals surface area contributed by atoms with Crippen molar-refractivity contribution in [3.8, 4) is 0 Å². The number of anilines is 1. The number of amides is 1. The zero-order valence-electron chi connectivity index (χ0n) is 13.5. The first-order valence-electron chi connectivity index (χ1n) is 7.85. The minimum absolute atomic E-state index is 0.0528. The molecule has 0 saturated carbocycles. The van der Waals surface area contributed by atoms with Crippen molar-refractivity contribution in [2.24, 2.45) is 0 Å². The van der Waals surface area contributed by atoms with Crippen LogP contribution in [0.5, 0.6) is 0 Å². The number of rotatable bonds is 6. The Morgan fingerprint density at radius 2 is 2.22 bits per heavy atom. The van der Waals surface area contributed by atoms with Gasteiger partial charge in [-0.3, -0.25) is 4.79 Å². The molecular weight excluding hydrogens is 298 g/mol. The van der Waals surface area contributed by atoms with E-state index in [1.165, 1.54) is 6.07 Å². The van der Waals surface area contributed by atoms with E-state index in [0.29, 0.717) is 17.9 Å². The lowest BCUT2D eigenvalue weighted by Crippen LogP contribution is -2.32. The molecule has 6 nitrogen and oxygen atoms in total. The van der Waals surface area contributed by atoms with Crippen molar-refractivity contribution >= 4 is 17.6 Å². The summed E-state index contributed by atoms with van der Waals surface area (Å²) in [5, 5.41) is 11.8. The molecule has 2 atom stereocenters. The SMILES string of the molecule is Cc1ccc(NC(=O)C(C)OCC2CCCCO2)cc1C(=O)O. The van der Waals surface area contributed by atoms with Crippen LogP contribution in [0.3, 0.4) is 0 Å². The summed E-state index contributed by atoms with van der Waals surface area (Å²) in [7, 11) is 0. The molecule has 126 valence electrons. The molecule has 1 saturated heterocycles. The molecule has 1 aliphatic heterocycles. The molecule has 1 fully saturated rings. The average Bonchev–Trinajstić information content (AvgIpc) is 2.55. The average molecular weight is 321 g/mol. The van der Waals surface area contributed by atoms with Crippen LogP contribution in [-0.4, -0.2) is 42.4 Å². The maximum absolute atomic E-state index is 12.1. The Morgan fingerprint density at radius 1 is 1.43 bits per heavy atom. The molecule has 2 rings (SSSR count). The van der Waals surface area contributed by atoms with E-state index < -0.39 is 12.1 Å². The second-order valence-corrected chi connectivity index (χ2v) is 5.79. The largest absolute Gasteiger partial charge is 0.478 e. The molecule has 0 radical (unpaired) electrons. The van der Waals surface area contributed by atoms with Crippen LogP contribution in [0.1, 0.15) is 42.1 Å². The fourth-order valence-corrected chi connectivity index (χ4v) is 2.44. The van der Waals surface area contributed by atoms with Gasteiger partial charge in [-0.1, -0.05) is 6.07 Å². The van der Waals surface area contributed by atoms with Crippen LogP contribution in [0.25, 0.3) is 0 Å². The molecular formula is C17H23NO5. The molecule has 0 bridgehead atoms. The Bertz CT molecular complexity index is 566. The third-order valence-electron chi connectivity index (χ3n) is 3.91. The third-order valence-corrected chi connectivity index (χ3v) is 3.91. The number of hydrogen-bond donors (Lipinski definition) is 2. The van der Waals surface area contributed by atoms with Gasteiger partial charge >= 0.3 is 5.97 Å². The molecule has 6 heteroatoms. The van der Waals surface area contributed by atoms with Crippen molar-refractivity contribution in [2.45, 2.75) is 45.3 Å². The lowest BCUT2D eigenvalue weighted by atomic mass is 10.1. The third kappa shape index (κ3) is 5.04. The second-order valence-electron chi connectivity index (χ2n) is 5.79. The second kappa shape index (κ2) is 8.08. The number of hydrogen-bond acceptors (Lipinski definition) is 4. The van der Waals surface area contributed by atoms with Gasteiger partial charge in [-0.15, -0.1) is 0 Å². The summed E-state index contributed by atoms with van der Waals surface area (Å²) in [4.78, 5) is 23.2. The zero-order chi connectivity index (χ0) is 16.8. The minimum atomic E-state index is -1.02. The molecule has 0 aromatic heterocycles. The number of carboxylic acids is 1. The van der Waals surface area contributed by atoms with Crippen molar-refractivity contribution in [3.63, 3.8) is 0 Å². The van der Waals surface area contributed by atoms with Crippen LogP contribution in [-0.2, 0) is 14.3 Å². The highest BCUT2D eigenvalue weighted by atomic mass is 16.5. The van der Waals surface area contributed by atoms with Crippen molar-refractivity contribution in [1.29, 1.82) is 0 Å². The van der Waals surface area contributed by atoms with E-state index in [2.05, 4.69) is 5.32 Å².